The summed E-state index contributed by atoms with van der Waals surface area (Å²) in [6.07, 6.45) is 3.69. The summed E-state index contributed by atoms with van der Waals surface area (Å²) in [5, 5.41) is 10.0. The summed E-state index contributed by atoms with van der Waals surface area (Å²) >= 11 is 0. The monoisotopic (exact) mass is 309 g/mol. The lowest BCUT2D eigenvalue weighted by atomic mass is 10.2. The van der Waals surface area contributed by atoms with Crippen LogP contribution in [0.3, 0.4) is 0 Å². The molecule has 1 unspecified atom stereocenters. The van der Waals surface area contributed by atoms with E-state index in [0.29, 0.717) is 6.04 Å². The first-order chi connectivity index (χ1) is 10.5. The van der Waals surface area contributed by atoms with Crippen LogP contribution in [-0.4, -0.2) is 88.8 Å². The van der Waals surface area contributed by atoms with E-state index in [1.807, 2.05) is 25.2 Å². The minimum absolute atomic E-state index is 0.263. The number of rotatable bonds is 7. The number of piperazine rings is 1. The minimum atomic E-state index is -0.263. The van der Waals surface area contributed by atoms with E-state index >= 15 is 0 Å². The lowest BCUT2D eigenvalue weighted by Gasteiger charge is -2.35. The van der Waals surface area contributed by atoms with E-state index in [-0.39, 0.29) is 6.10 Å². The van der Waals surface area contributed by atoms with Gasteiger partial charge in [-0.25, -0.2) is 4.98 Å². The van der Waals surface area contributed by atoms with E-state index in [1.165, 1.54) is 0 Å². The quantitative estimate of drug-likeness (QED) is 0.795. The van der Waals surface area contributed by atoms with Crippen LogP contribution < -0.4 is 0 Å². The fourth-order valence-corrected chi connectivity index (χ4v) is 3.04. The van der Waals surface area contributed by atoms with Crippen molar-refractivity contribution in [3.63, 3.8) is 0 Å². The van der Waals surface area contributed by atoms with Crippen LogP contribution >= 0.6 is 0 Å². The first-order valence-corrected chi connectivity index (χ1v) is 8.25. The highest BCUT2D eigenvalue weighted by molar-refractivity contribution is 4.95. The molecule has 22 heavy (non-hydrogen) atoms. The van der Waals surface area contributed by atoms with E-state index in [1.54, 1.807) is 0 Å². The number of aliphatic hydroxyl groups excluding tert-OH is 1. The van der Waals surface area contributed by atoms with Crippen LogP contribution in [0.1, 0.15) is 25.7 Å². The summed E-state index contributed by atoms with van der Waals surface area (Å²) < 4.78 is 2.24. The SMILES string of the molecule is CC(C)n1ccnc1CN1CCN(CC(O)CN(C)C)CC1. The van der Waals surface area contributed by atoms with Crippen LogP contribution in [0.5, 0.6) is 0 Å². The Morgan fingerprint density at radius 3 is 2.41 bits per heavy atom. The molecule has 0 bridgehead atoms. The third-order valence-corrected chi connectivity index (χ3v) is 4.18. The molecular weight excluding hydrogens is 278 g/mol. The number of hydrogen-bond acceptors (Lipinski definition) is 5. The smallest absolute Gasteiger partial charge is 0.123 e. The van der Waals surface area contributed by atoms with Crippen molar-refractivity contribution >= 4 is 0 Å². The normalized spacial score (nSPS) is 19.2. The van der Waals surface area contributed by atoms with E-state index < -0.39 is 0 Å². The van der Waals surface area contributed by atoms with Crippen molar-refractivity contribution < 1.29 is 5.11 Å². The topological polar surface area (TPSA) is 47.8 Å². The van der Waals surface area contributed by atoms with Gasteiger partial charge in [0.15, 0.2) is 0 Å². The second-order valence-electron chi connectivity index (χ2n) is 6.84. The Kier molecular flexibility index (Phi) is 6.37. The lowest BCUT2D eigenvalue weighted by molar-refractivity contribution is 0.0566. The van der Waals surface area contributed by atoms with Gasteiger partial charge in [-0.15, -0.1) is 0 Å². The van der Waals surface area contributed by atoms with E-state index in [2.05, 4.69) is 39.4 Å². The van der Waals surface area contributed by atoms with Crippen LogP contribution in [0, 0.1) is 0 Å². The van der Waals surface area contributed by atoms with Gasteiger partial charge in [0, 0.05) is 57.7 Å². The molecule has 1 aliphatic rings. The molecule has 6 heteroatoms. The predicted octanol–water partition coefficient (Wildman–Crippen LogP) is 0.504. The zero-order valence-corrected chi connectivity index (χ0v) is 14.4. The molecule has 0 saturated carbocycles. The molecule has 2 rings (SSSR count). The van der Waals surface area contributed by atoms with Gasteiger partial charge in [-0.1, -0.05) is 0 Å². The Morgan fingerprint density at radius 1 is 1.18 bits per heavy atom. The average Bonchev–Trinajstić information content (AvgIpc) is 2.88. The molecule has 126 valence electrons. The summed E-state index contributed by atoms with van der Waals surface area (Å²) in [4.78, 5) is 11.3. The highest BCUT2D eigenvalue weighted by Gasteiger charge is 2.20. The summed E-state index contributed by atoms with van der Waals surface area (Å²) in [6.45, 7) is 10.9. The van der Waals surface area contributed by atoms with Crippen molar-refractivity contribution in [1.29, 1.82) is 0 Å². The van der Waals surface area contributed by atoms with Crippen LogP contribution in [0.15, 0.2) is 12.4 Å². The van der Waals surface area contributed by atoms with Gasteiger partial charge >= 0.3 is 0 Å². The number of aliphatic hydroxyl groups is 1. The van der Waals surface area contributed by atoms with Gasteiger partial charge in [0.1, 0.15) is 5.82 Å². The largest absolute Gasteiger partial charge is 0.390 e. The Bertz CT molecular complexity index is 437. The molecule has 1 aromatic rings. The summed E-state index contributed by atoms with van der Waals surface area (Å²) in [6, 6.07) is 0.458. The van der Waals surface area contributed by atoms with Crippen LogP contribution in [0.4, 0.5) is 0 Å². The van der Waals surface area contributed by atoms with Crippen molar-refractivity contribution in [2.75, 3.05) is 53.4 Å². The molecule has 6 nitrogen and oxygen atoms in total. The minimum Gasteiger partial charge on any atom is -0.390 e. The molecule has 0 amide bonds. The van der Waals surface area contributed by atoms with Crippen molar-refractivity contribution in [2.45, 2.75) is 32.5 Å². The number of β-amino-alcohol motifs (C(OH)–C–C–N with tert-alkyl or cyclic N) is 1. The second kappa shape index (κ2) is 8.06. The van der Waals surface area contributed by atoms with Gasteiger partial charge in [-0.2, -0.15) is 0 Å². The van der Waals surface area contributed by atoms with Crippen molar-refractivity contribution in [3.05, 3.63) is 18.2 Å². The molecule has 0 radical (unpaired) electrons. The molecule has 1 fully saturated rings. The summed E-state index contributed by atoms with van der Waals surface area (Å²) in [5.74, 6) is 1.15. The van der Waals surface area contributed by atoms with Crippen molar-refractivity contribution in [3.8, 4) is 0 Å². The number of hydrogen-bond donors (Lipinski definition) is 1. The Hall–Kier alpha value is -0.950. The van der Waals surface area contributed by atoms with E-state index in [0.717, 1.165) is 51.6 Å². The summed E-state index contributed by atoms with van der Waals surface area (Å²) in [5.41, 5.74) is 0. The molecule has 1 aliphatic heterocycles. The molecule has 0 spiro atoms. The first-order valence-electron chi connectivity index (χ1n) is 8.25. The third kappa shape index (κ3) is 5.05. The zero-order valence-electron chi connectivity index (χ0n) is 14.4. The third-order valence-electron chi connectivity index (χ3n) is 4.18. The fraction of sp³-hybridized carbons (Fsp3) is 0.812. The molecule has 2 heterocycles. The number of imidazole rings is 1. The Balaban J connectivity index is 1.76. The Morgan fingerprint density at radius 2 is 1.82 bits per heavy atom. The molecule has 1 aromatic heterocycles. The lowest BCUT2D eigenvalue weighted by Crippen LogP contribution is -2.49. The maximum Gasteiger partial charge on any atom is 0.123 e. The highest BCUT2D eigenvalue weighted by Crippen LogP contribution is 2.12. The number of nitrogens with zero attached hydrogens (tertiary/aromatic N) is 5. The molecule has 0 aliphatic carbocycles. The van der Waals surface area contributed by atoms with Gasteiger partial charge in [-0.3, -0.25) is 9.80 Å². The standard InChI is InChI=1S/C16H31N5O/c1-14(2)21-6-5-17-16(21)13-20-9-7-19(8-10-20)12-15(22)11-18(3)4/h5-6,14-15,22H,7-13H2,1-4H3. The van der Waals surface area contributed by atoms with Gasteiger partial charge in [-0.05, 0) is 27.9 Å². The maximum absolute atomic E-state index is 10.0. The summed E-state index contributed by atoms with van der Waals surface area (Å²) in [7, 11) is 4.00. The second-order valence-corrected chi connectivity index (χ2v) is 6.84. The van der Waals surface area contributed by atoms with E-state index in [9.17, 15) is 5.11 Å². The van der Waals surface area contributed by atoms with Gasteiger partial charge < -0.3 is 14.6 Å². The maximum atomic E-state index is 10.0. The first kappa shape index (κ1) is 17.4. The zero-order chi connectivity index (χ0) is 16.1. The van der Waals surface area contributed by atoms with Gasteiger partial charge in [0.05, 0.1) is 12.6 Å². The predicted molar refractivity (Wildman–Crippen MR) is 88.9 cm³/mol. The highest BCUT2D eigenvalue weighted by atomic mass is 16.3. The molecular formula is C16H31N5O. The van der Waals surface area contributed by atoms with Gasteiger partial charge in [0.25, 0.3) is 0 Å². The fourth-order valence-electron chi connectivity index (χ4n) is 3.04. The van der Waals surface area contributed by atoms with Crippen molar-refractivity contribution in [2.24, 2.45) is 0 Å². The van der Waals surface area contributed by atoms with Crippen molar-refractivity contribution in [1.82, 2.24) is 24.3 Å². The molecule has 1 atom stereocenters. The Labute approximate surface area is 134 Å². The van der Waals surface area contributed by atoms with Crippen LogP contribution in [-0.2, 0) is 6.54 Å². The van der Waals surface area contributed by atoms with Gasteiger partial charge in [0.2, 0.25) is 0 Å². The number of aromatic nitrogens is 2. The van der Waals surface area contributed by atoms with Crippen LogP contribution in [0.2, 0.25) is 0 Å². The number of likely N-dealkylation sites (N-methyl/N-ethyl adjacent to an activating group) is 1. The van der Waals surface area contributed by atoms with Crippen LogP contribution in [0.25, 0.3) is 0 Å². The molecule has 1 N–H and O–H groups in total. The molecule has 1 saturated heterocycles. The average molecular weight is 309 g/mol. The molecule has 0 aromatic carbocycles. The van der Waals surface area contributed by atoms with E-state index in [4.69, 9.17) is 0 Å².